The molecule has 0 aliphatic rings. The van der Waals surface area contributed by atoms with Crippen molar-refractivity contribution in [3.05, 3.63) is 60.6 Å². The summed E-state index contributed by atoms with van der Waals surface area (Å²) in [6.45, 7) is 3.93. The molecule has 2 aromatic heterocycles. The number of carbonyl (C=O) groups is 1. The Labute approximate surface area is 190 Å². The molecule has 0 aliphatic heterocycles. The number of rotatable bonds is 7. The lowest BCUT2D eigenvalue weighted by atomic mass is 9.99. The summed E-state index contributed by atoms with van der Waals surface area (Å²) in [4.78, 5) is 44.9. The molecule has 0 bridgehead atoms. The van der Waals surface area contributed by atoms with Crippen molar-refractivity contribution in [2.75, 3.05) is 0 Å². The van der Waals surface area contributed by atoms with E-state index in [4.69, 9.17) is 33.0 Å². The maximum Gasteiger partial charge on any atom is 0.362 e. The summed E-state index contributed by atoms with van der Waals surface area (Å²) in [5.41, 5.74) is -2.61. The Morgan fingerprint density at radius 2 is 1.84 bits per heavy atom. The Bertz CT molecular complexity index is 1280. The van der Waals surface area contributed by atoms with Crippen LogP contribution in [0.3, 0.4) is 0 Å². The van der Waals surface area contributed by atoms with E-state index >= 15 is 0 Å². The summed E-state index contributed by atoms with van der Waals surface area (Å²) >= 11 is 12.5. The zero-order valence-electron chi connectivity index (χ0n) is 16.8. The van der Waals surface area contributed by atoms with Crippen LogP contribution in [-0.2, 0) is 0 Å². The molecule has 3 rings (SSSR count). The van der Waals surface area contributed by atoms with E-state index in [1.54, 1.807) is 0 Å². The van der Waals surface area contributed by atoms with Crippen LogP contribution in [-0.4, -0.2) is 40.9 Å². The molecule has 13 heteroatoms. The largest absolute Gasteiger partial charge is 0.504 e. The fraction of sp³-hybridized carbons (Fsp3) is 0.263. The van der Waals surface area contributed by atoms with Crippen molar-refractivity contribution in [1.82, 2.24) is 24.7 Å². The number of ether oxygens (including phenoxy) is 1. The first-order valence-electron chi connectivity index (χ1n) is 9.36. The van der Waals surface area contributed by atoms with E-state index in [1.807, 2.05) is 18.8 Å². The van der Waals surface area contributed by atoms with Gasteiger partial charge < -0.3 is 14.9 Å². The predicted molar refractivity (Wildman–Crippen MR) is 115 cm³/mol. The Balaban J connectivity index is 2.02. The number of carboxylic acid groups (broad SMARTS) is 1. The zero-order valence-corrected chi connectivity index (χ0v) is 18.3. The zero-order chi connectivity index (χ0) is 23.6. The second kappa shape index (κ2) is 9.37. The minimum Gasteiger partial charge on any atom is -0.504 e. The average Bonchev–Trinajstić information content (AvgIpc) is 2.73. The molecule has 0 saturated heterocycles. The smallest absolute Gasteiger partial charge is 0.362 e. The van der Waals surface area contributed by atoms with E-state index in [2.05, 4.69) is 15.1 Å². The molecule has 0 spiro atoms. The number of halogens is 2. The van der Waals surface area contributed by atoms with Gasteiger partial charge in [0.2, 0.25) is 5.69 Å². The van der Waals surface area contributed by atoms with Crippen LogP contribution in [0.25, 0.3) is 5.69 Å². The molecule has 0 fully saturated rings. The van der Waals surface area contributed by atoms with E-state index in [0.717, 1.165) is 12.8 Å². The van der Waals surface area contributed by atoms with Gasteiger partial charge in [0, 0.05) is 5.92 Å². The van der Waals surface area contributed by atoms with Gasteiger partial charge in [0.25, 0.3) is 5.56 Å². The van der Waals surface area contributed by atoms with Crippen molar-refractivity contribution >= 4 is 29.2 Å². The summed E-state index contributed by atoms with van der Waals surface area (Å²) in [7, 11) is 0. The topological polar surface area (TPSA) is 160 Å². The van der Waals surface area contributed by atoms with Crippen LogP contribution >= 0.6 is 23.2 Å². The summed E-state index contributed by atoms with van der Waals surface area (Å²) in [5.74, 6) is -1.71. The maximum atomic E-state index is 12.1. The molecule has 11 nitrogen and oxygen atoms in total. The van der Waals surface area contributed by atoms with Crippen LogP contribution in [0.5, 0.6) is 17.5 Å². The highest BCUT2D eigenvalue weighted by atomic mass is 35.5. The van der Waals surface area contributed by atoms with Gasteiger partial charge in [-0.25, -0.2) is 9.59 Å². The van der Waals surface area contributed by atoms with Crippen molar-refractivity contribution in [1.29, 1.82) is 0 Å². The number of aromatic carboxylic acids is 1. The molecule has 3 aromatic rings. The lowest BCUT2D eigenvalue weighted by molar-refractivity contribution is 0.0685. The average molecular weight is 482 g/mol. The number of benzene rings is 1. The summed E-state index contributed by atoms with van der Waals surface area (Å²) in [6.07, 6.45) is 2.70. The lowest BCUT2D eigenvalue weighted by Crippen LogP contribution is -2.35. The minimum absolute atomic E-state index is 0.00436. The molecule has 32 heavy (non-hydrogen) atoms. The van der Waals surface area contributed by atoms with Crippen molar-refractivity contribution in [3.63, 3.8) is 0 Å². The number of nitrogens with zero attached hydrogens (tertiary/aromatic N) is 4. The second-order valence-corrected chi connectivity index (χ2v) is 7.42. The molecule has 2 heterocycles. The number of aromatic amines is 1. The van der Waals surface area contributed by atoms with Gasteiger partial charge in [-0.15, -0.1) is 0 Å². The van der Waals surface area contributed by atoms with Gasteiger partial charge in [0.05, 0.1) is 27.6 Å². The van der Waals surface area contributed by atoms with Gasteiger partial charge in [-0.3, -0.25) is 9.78 Å². The number of aromatic hydroxyl groups is 1. The third kappa shape index (κ3) is 4.58. The van der Waals surface area contributed by atoms with Gasteiger partial charge in [0.1, 0.15) is 0 Å². The Hall–Kier alpha value is -3.44. The molecular weight excluding hydrogens is 465 g/mol. The number of H-pyrrole nitrogens is 1. The van der Waals surface area contributed by atoms with Crippen molar-refractivity contribution in [3.8, 4) is 23.2 Å². The highest BCUT2D eigenvalue weighted by Gasteiger charge is 2.20. The van der Waals surface area contributed by atoms with Gasteiger partial charge in [-0.1, -0.05) is 37.0 Å². The molecule has 0 atom stereocenters. The molecule has 168 valence electrons. The van der Waals surface area contributed by atoms with E-state index in [9.17, 15) is 19.5 Å². The second-order valence-electron chi connectivity index (χ2n) is 6.60. The fourth-order valence-corrected chi connectivity index (χ4v) is 3.52. The van der Waals surface area contributed by atoms with Gasteiger partial charge >= 0.3 is 17.7 Å². The van der Waals surface area contributed by atoms with Crippen LogP contribution in [0.1, 0.15) is 48.8 Å². The number of aromatic nitrogens is 5. The summed E-state index contributed by atoms with van der Waals surface area (Å²) in [5, 5.41) is 22.6. The summed E-state index contributed by atoms with van der Waals surface area (Å²) < 4.78 is 6.25. The third-order valence-electron chi connectivity index (χ3n) is 4.60. The number of hydrogen-bond acceptors (Lipinski definition) is 8. The normalized spacial score (nSPS) is 11.0. The first-order valence-corrected chi connectivity index (χ1v) is 10.1. The minimum atomic E-state index is -1.62. The number of carboxylic acids is 1. The van der Waals surface area contributed by atoms with Crippen LogP contribution in [0.4, 0.5) is 0 Å². The van der Waals surface area contributed by atoms with Crippen LogP contribution in [0.2, 0.25) is 10.0 Å². The summed E-state index contributed by atoms with van der Waals surface area (Å²) in [6, 6.07) is 2.38. The molecule has 0 amide bonds. The van der Waals surface area contributed by atoms with Crippen molar-refractivity contribution < 1.29 is 19.7 Å². The monoisotopic (exact) mass is 481 g/mol. The number of hydrogen-bond donors (Lipinski definition) is 3. The fourth-order valence-electron chi connectivity index (χ4n) is 2.97. The van der Waals surface area contributed by atoms with Gasteiger partial charge in [0.15, 0.2) is 11.5 Å². The van der Waals surface area contributed by atoms with Crippen molar-refractivity contribution in [2.45, 2.75) is 32.6 Å². The van der Waals surface area contributed by atoms with E-state index in [0.29, 0.717) is 10.4 Å². The molecule has 0 unspecified atom stereocenters. The van der Waals surface area contributed by atoms with Crippen molar-refractivity contribution in [2.24, 2.45) is 0 Å². The van der Waals surface area contributed by atoms with E-state index in [-0.39, 0.29) is 39.2 Å². The first-order chi connectivity index (χ1) is 15.2. The standard InChI is InChI=1S/C19H17Cl2N5O6/c1-3-8(4-2)13-12(27)7-22-18(23-13)32-15-10(20)5-9(6-11(15)21)26-19(31)24-16(28)14(25-26)17(29)30/h5-8,27H,3-4H2,1-2H3,(H,29,30)(H,24,28,31). The SMILES string of the molecule is CCC(CC)c1nc(Oc2c(Cl)cc(-n3nc(C(=O)O)c(=O)[nH]c3=O)cc2Cl)ncc1O. The van der Waals surface area contributed by atoms with Gasteiger partial charge in [-0.05, 0) is 25.0 Å². The van der Waals surface area contributed by atoms with E-state index < -0.39 is 22.9 Å². The maximum absolute atomic E-state index is 12.1. The van der Waals surface area contributed by atoms with Gasteiger partial charge in [-0.2, -0.15) is 19.7 Å². The molecule has 0 radical (unpaired) electrons. The lowest BCUT2D eigenvalue weighted by Gasteiger charge is -2.15. The van der Waals surface area contributed by atoms with E-state index in [1.165, 1.54) is 18.3 Å². The third-order valence-corrected chi connectivity index (χ3v) is 5.16. The Kier molecular flexibility index (Phi) is 6.80. The van der Waals surface area contributed by atoms with Crippen LogP contribution in [0.15, 0.2) is 27.9 Å². The molecule has 1 aromatic carbocycles. The highest BCUT2D eigenvalue weighted by molar-refractivity contribution is 6.37. The Morgan fingerprint density at radius 3 is 2.41 bits per heavy atom. The highest BCUT2D eigenvalue weighted by Crippen LogP contribution is 2.38. The Morgan fingerprint density at radius 1 is 1.22 bits per heavy atom. The predicted octanol–water partition coefficient (Wildman–Crippen LogP) is 3.12. The first kappa shape index (κ1) is 23.2. The molecular formula is C19H17Cl2N5O6. The molecule has 0 saturated carbocycles. The molecule has 0 aliphatic carbocycles. The number of nitrogens with one attached hydrogen (secondary N) is 1. The quantitative estimate of drug-likeness (QED) is 0.460. The van der Waals surface area contributed by atoms with Crippen LogP contribution in [0, 0.1) is 0 Å². The van der Waals surface area contributed by atoms with Crippen LogP contribution < -0.4 is 16.0 Å². The molecule has 3 N–H and O–H groups in total.